The highest BCUT2D eigenvalue weighted by Gasteiger charge is 2.46. The maximum absolute atomic E-state index is 10.3. The van der Waals surface area contributed by atoms with Gasteiger partial charge in [0.1, 0.15) is 29.9 Å². The number of aliphatic hydroxyl groups excluding tert-OH is 3. The van der Waals surface area contributed by atoms with Crippen LogP contribution < -0.4 is 5.73 Å². The van der Waals surface area contributed by atoms with Gasteiger partial charge in [-0.15, -0.1) is 23.5 Å². The molecule has 154 valence electrons. The van der Waals surface area contributed by atoms with Gasteiger partial charge in [-0.05, 0) is 44.5 Å². The summed E-state index contributed by atoms with van der Waals surface area (Å²) in [7, 11) is 4.12. The smallest absolute Gasteiger partial charge is 0.132 e. The minimum atomic E-state index is -1.26. The Kier molecular flexibility index (Phi) is 8.89. The molecule has 1 aliphatic heterocycles. The van der Waals surface area contributed by atoms with Gasteiger partial charge >= 0.3 is 0 Å². The molecule has 0 saturated carbocycles. The lowest BCUT2D eigenvalue weighted by Crippen LogP contribution is -2.62. The van der Waals surface area contributed by atoms with E-state index in [-0.39, 0.29) is 5.25 Å². The zero-order chi connectivity index (χ0) is 20.1. The zero-order valence-corrected chi connectivity index (χ0v) is 18.0. The SMILES string of the molecule is CSC1O[C@H]([C@H](N)[C@H](C)Sc2ccc(CCN(C)C)cc2)[C@@H](O)C(O)[C@H]1O. The first kappa shape index (κ1) is 23.0. The molecule has 1 saturated heterocycles. The van der Waals surface area contributed by atoms with Gasteiger partial charge in [0.15, 0.2) is 0 Å². The molecule has 6 nitrogen and oxygen atoms in total. The highest BCUT2D eigenvalue weighted by atomic mass is 32.2. The second-order valence-electron chi connectivity index (χ2n) is 7.27. The molecule has 8 heteroatoms. The predicted octanol–water partition coefficient (Wildman–Crippen LogP) is 0.769. The van der Waals surface area contributed by atoms with Crippen LogP contribution in [0.25, 0.3) is 0 Å². The Balaban J connectivity index is 1.97. The van der Waals surface area contributed by atoms with Gasteiger partial charge < -0.3 is 30.7 Å². The lowest BCUT2D eigenvalue weighted by Gasteiger charge is -2.43. The third-order valence-corrected chi connectivity index (χ3v) is 6.94. The Labute approximate surface area is 170 Å². The monoisotopic (exact) mass is 416 g/mol. The molecule has 0 aliphatic carbocycles. The van der Waals surface area contributed by atoms with Crippen LogP contribution in [0.3, 0.4) is 0 Å². The molecule has 27 heavy (non-hydrogen) atoms. The Morgan fingerprint density at radius 1 is 1.11 bits per heavy atom. The summed E-state index contributed by atoms with van der Waals surface area (Å²) >= 11 is 2.91. The predicted molar refractivity (Wildman–Crippen MR) is 112 cm³/mol. The van der Waals surface area contributed by atoms with E-state index >= 15 is 0 Å². The summed E-state index contributed by atoms with van der Waals surface area (Å²) in [5.41, 5.74) is 7.04. The van der Waals surface area contributed by atoms with Crippen LogP contribution in [0.5, 0.6) is 0 Å². The number of hydrogen-bond acceptors (Lipinski definition) is 8. The molecule has 2 unspecified atom stereocenters. The van der Waals surface area contributed by atoms with Gasteiger partial charge in [-0.3, -0.25) is 0 Å². The van der Waals surface area contributed by atoms with Crippen LogP contribution in [0.1, 0.15) is 12.5 Å². The van der Waals surface area contributed by atoms with Crippen LogP contribution in [0.15, 0.2) is 29.2 Å². The van der Waals surface area contributed by atoms with Gasteiger partial charge in [-0.2, -0.15) is 0 Å². The van der Waals surface area contributed by atoms with E-state index in [1.807, 2.05) is 6.92 Å². The average molecular weight is 417 g/mol. The quantitative estimate of drug-likeness (QED) is 0.461. The van der Waals surface area contributed by atoms with E-state index in [0.717, 1.165) is 17.9 Å². The third kappa shape index (κ3) is 6.08. The Morgan fingerprint density at radius 2 is 1.74 bits per heavy atom. The first-order chi connectivity index (χ1) is 12.7. The summed E-state index contributed by atoms with van der Waals surface area (Å²) in [6.07, 6.45) is -1.54. The van der Waals surface area contributed by atoms with E-state index in [1.165, 1.54) is 17.3 Å². The van der Waals surface area contributed by atoms with Gasteiger partial charge in [-0.1, -0.05) is 19.1 Å². The maximum Gasteiger partial charge on any atom is 0.132 e. The van der Waals surface area contributed by atoms with E-state index in [9.17, 15) is 15.3 Å². The summed E-state index contributed by atoms with van der Waals surface area (Å²) in [6.45, 7) is 2.99. The third-order valence-electron chi connectivity index (χ3n) is 4.85. The second-order valence-corrected chi connectivity index (χ2v) is 9.66. The van der Waals surface area contributed by atoms with Crippen molar-refractivity contribution in [3.8, 4) is 0 Å². The van der Waals surface area contributed by atoms with Crippen molar-refractivity contribution in [2.75, 3.05) is 26.9 Å². The van der Waals surface area contributed by atoms with Crippen LogP contribution in [0.4, 0.5) is 0 Å². The number of rotatable bonds is 8. The van der Waals surface area contributed by atoms with Crippen molar-refractivity contribution in [1.82, 2.24) is 4.90 Å². The molecular formula is C19H32N2O4S2. The summed E-state index contributed by atoms with van der Waals surface area (Å²) in [5, 5.41) is 30.3. The fourth-order valence-electron chi connectivity index (χ4n) is 3.03. The van der Waals surface area contributed by atoms with Crippen molar-refractivity contribution in [1.29, 1.82) is 0 Å². The van der Waals surface area contributed by atoms with E-state index in [1.54, 1.807) is 18.0 Å². The molecule has 1 fully saturated rings. The maximum atomic E-state index is 10.3. The minimum absolute atomic E-state index is 0.0396. The normalized spacial score (nSPS) is 31.1. The van der Waals surface area contributed by atoms with Crippen LogP contribution in [-0.4, -0.2) is 88.3 Å². The number of hydrogen-bond donors (Lipinski definition) is 4. The standard InChI is InChI=1S/C19H32N2O4S2/c1-11(27-13-7-5-12(6-8-13)9-10-21(2)3)14(20)18-16(23)15(22)17(24)19(25-18)26-4/h5-8,11,14-19,22-24H,9-10,20H2,1-4H3/t11-,14+,15?,16-,17+,18+,19?/m0/s1. The van der Waals surface area contributed by atoms with Crippen LogP contribution >= 0.6 is 23.5 Å². The number of thioether (sulfide) groups is 2. The van der Waals surface area contributed by atoms with Crippen molar-refractivity contribution >= 4 is 23.5 Å². The van der Waals surface area contributed by atoms with Crippen molar-refractivity contribution in [2.24, 2.45) is 5.73 Å². The topological polar surface area (TPSA) is 99.2 Å². The van der Waals surface area contributed by atoms with Crippen LogP contribution in [0, 0.1) is 0 Å². The molecule has 2 rings (SSSR count). The Morgan fingerprint density at radius 3 is 2.30 bits per heavy atom. The summed E-state index contributed by atoms with van der Waals surface area (Å²) in [6, 6.07) is 7.93. The van der Waals surface area contributed by atoms with Crippen LogP contribution in [0.2, 0.25) is 0 Å². The highest BCUT2D eigenvalue weighted by molar-refractivity contribution is 8.00. The Bertz CT molecular complexity index is 573. The first-order valence-electron chi connectivity index (χ1n) is 9.13. The number of nitrogens with two attached hydrogens (primary N) is 1. The molecule has 1 aromatic rings. The summed E-state index contributed by atoms with van der Waals surface area (Å²) in [5.74, 6) is 0. The number of ether oxygens (including phenoxy) is 1. The molecule has 5 N–H and O–H groups in total. The largest absolute Gasteiger partial charge is 0.388 e. The number of benzene rings is 1. The van der Waals surface area contributed by atoms with Crippen molar-refractivity contribution in [3.05, 3.63) is 29.8 Å². The molecule has 0 bridgehead atoms. The Hall–Kier alpha value is -0.320. The van der Waals surface area contributed by atoms with Crippen molar-refractivity contribution < 1.29 is 20.1 Å². The van der Waals surface area contributed by atoms with Crippen LogP contribution in [-0.2, 0) is 11.2 Å². The van der Waals surface area contributed by atoms with Crippen molar-refractivity contribution in [3.63, 3.8) is 0 Å². The van der Waals surface area contributed by atoms with Gasteiger partial charge in [0.05, 0.1) is 0 Å². The average Bonchev–Trinajstić information content (AvgIpc) is 2.65. The minimum Gasteiger partial charge on any atom is -0.388 e. The van der Waals surface area contributed by atoms with E-state index in [4.69, 9.17) is 10.5 Å². The number of likely N-dealkylation sites (N-methyl/N-ethyl adjacent to an activating group) is 1. The molecule has 0 aromatic heterocycles. The zero-order valence-electron chi connectivity index (χ0n) is 16.4. The van der Waals surface area contributed by atoms with Crippen molar-refractivity contribution in [2.45, 2.75) is 59.4 Å². The number of nitrogens with zero attached hydrogens (tertiary/aromatic N) is 1. The van der Waals surface area contributed by atoms with E-state index in [0.29, 0.717) is 0 Å². The summed E-state index contributed by atoms with van der Waals surface area (Å²) in [4.78, 5) is 3.26. The molecule has 1 aromatic carbocycles. The van der Waals surface area contributed by atoms with Gasteiger partial charge in [0.2, 0.25) is 0 Å². The lowest BCUT2D eigenvalue weighted by atomic mass is 9.94. The second kappa shape index (κ2) is 10.5. The molecule has 0 radical (unpaired) electrons. The first-order valence-corrected chi connectivity index (χ1v) is 11.3. The summed E-state index contributed by atoms with van der Waals surface area (Å²) < 4.78 is 5.78. The molecule has 0 amide bonds. The molecule has 1 heterocycles. The van der Waals surface area contributed by atoms with Gasteiger partial charge in [0, 0.05) is 22.7 Å². The molecule has 0 spiro atoms. The highest BCUT2D eigenvalue weighted by Crippen LogP contribution is 2.32. The van der Waals surface area contributed by atoms with Gasteiger partial charge in [0.25, 0.3) is 0 Å². The number of aliphatic hydroxyl groups is 3. The fraction of sp³-hybridized carbons (Fsp3) is 0.684. The van der Waals surface area contributed by atoms with Gasteiger partial charge in [-0.25, -0.2) is 0 Å². The fourth-order valence-corrected chi connectivity index (χ4v) is 4.75. The van der Waals surface area contributed by atoms with E-state index < -0.39 is 35.9 Å². The molecule has 7 atom stereocenters. The molecular weight excluding hydrogens is 384 g/mol. The van der Waals surface area contributed by atoms with E-state index in [2.05, 4.69) is 43.3 Å². The lowest BCUT2D eigenvalue weighted by molar-refractivity contribution is -0.202. The molecule has 1 aliphatic rings.